The van der Waals surface area contributed by atoms with Crippen molar-refractivity contribution in [3.8, 4) is 0 Å². The number of carbonyl (C=O) groups is 1. The molecule has 1 aliphatic heterocycles. The van der Waals surface area contributed by atoms with Crippen LogP contribution in [0.1, 0.15) is 31.2 Å². The molecular formula is C16H22ClNO3. The first-order valence-electron chi connectivity index (χ1n) is 7.43. The molecule has 3 rings (SSSR count). The Labute approximate surface area is 131 Å². The van der Waals surface area contributed by atoms with Crippen LogP contribution in [0, 0.1) is 11.8 Å². The van der Waals surface area contributed by atoms with Crippen LogP contribution in [0.2, 0.25) is 0 Å². The van der Waals surface area contributed by atoms with Gasteiger partial charge in [-0.25, -0.2) is 4.79 Å². The largest absolute Gasteiger partial charge is 0.510 e. The second-order valence-corrected chi connectivity index (χ2v) is 5.68. The third-order valence-corrected chi connectivity index (χ3v) is 4.36. The Bertz CT molecular complexity index is 454. The quantitative estimate of drug-likeness (QED) is 0.868. The van der Waals surface area contributed by atoms with E-state index in [1.807, 2.05) is 30.3 Å². The summed E-state index contributed by atoms with van der Waals surface area (Å²) in [5, 5.41) is 3.30. The van der Waals surface area contributed by atoms with Gasteiger partial charge in [-0.3, -0.25) is 5.32 Å². The van der Waals surface area contributed by atoms with Gasteiger partial charge in [-0.2, -0.15) is 0 Å². The lowest BCUT2D eigenvalue weighted by atomic mass is 9.81. The molecule has 1 aromatic carbocycles. The Morgan fingerprint density at radius 2 is 1.95 bits per heavy atom. The predicted octanol–water partition coefficient (Wildman–Crippen LogP) is 3.50. The zero-order valence-electron chi connectivity index (χ0n) is 12.0. The lowest BCUT2D eigenvalue weighted by molar-refractivity contribution is -0.00949. The Morgan fingerprint density at radius 3 is 2.76 bits per heavy atom. The first kappa shape index (κ1) is 16.1. The van der Waals surface area contributed by atoms with E-state index in [-0.39, 0.29) is 25.2 Å². The highest BCUT2D eigenvalue weighted by molar-refractivity contribution is 5.85. The third-order valence-electron chi connectivity index (χ3n) is 4.36. The van der Waals surface area contributed by atoms with Crippen LogP contribution in [0.25, 0.3) is 0 Å². The van der Waals surface area contributed by atoms with Crippen molar-refractivity contribution in [2.75, 3.05) is 6.54 Å². The van der Waals surface area contributed by atoms with E-state index in [1.165, 1.54) is 19.3 Å². The average Bonchev–Trinajstić information content (AvgIpc) is 2.90. The van der Waals surface area contributed by atoms with E-state index in [0.717, 1.165) is 18.5 Å². The maximum atomic E-state index is 11.8. The van der Waals surface area contributed by atoms with Crippen molar-refractivity contribution in [2.24, 2.45) is 11.8 Å². The molecule has 116 valence electrons. The summed E-state index contributed by atoms with van der Waals surface area (Å²) in [6.45, 7) is 1.22. The van der Waals surface area contributed by atoms with Crippen LogP contribution < -0.4 is 5.32 Å². The molecule has 2 aliphatic rings. The smallest absolute Gasteiger partial charge is 0.429 e. The number of ether oxygens (including phenoxy) is 2. The van der Waals surface area contributed by atoms with Crippen molar-refractivity contribution in [3.63, 3.8) is 0 Å². The number of hydrogen-bond donors (Lipinski definition) is 1. The number of benzene rings is 1. The van der Waals surface area contributed by atoms with Gasteiger partial charge in [-0.15, -0.1) is 12.4 Å². The minimum Gasteiger partial charge on any atom is -0.429 e. The van der Waals surface area contributed by atoms with Gasteiger partial charge in [-0.1, -0.05) is 43.2 Å². The number of nitrogens with one attached hydrogen (secondary N) is 1. The Morgan fingerprint density at radius 1 is 1.19 bits per heavy atom. The highest BCUT2D eigenvalue weighted by atomic mass is 35.5. The molecular weight excluding hydrogens is 290 g/mol. The second-order valence-electron chi connectivity index (χ2n) is 5.68. The molecule has 0 radical (unpaired) electrons. The number of halogens is 1. The maximum Gasteiger partial charge on any atom is 0.510 e. The van der Waals surface area contributed by atoms with Crippen molar-refractivity contribution >= 4 is 18.6 Å². The maximum absolute atomic E-state index is 11.8. The monoisotopic (exact) mass is 311 g/mol. The molecule has 1 heterocycles. The van der Waals surface area contributed by atoms with E-state index < -0.39 is 6.16 Å². The van der Waals surface area contributed by atoms with Crippen molar-refractivity contribution in [3.05, 3.63) is 35.9 Å². The van der Waals surface area contributed by atoms with Gasteiger partial charge in [0.15, 0.2) is 6.23 Å². The second kappa shape index (κ2) is 7.66. The molecule has 21 heavy (non-hydrogen) atoms. The fraction of sp³-hybridized carbons (Fsp3) is 0.562. The van der Waals surface area contributed by atoms with E-state index in [2.05, 4.69) is 5.32 Å². The Hall–Kier alpha value is -1.26. The lowest BCUT2D eigenvalue weighted by Gasteiger charge is -2.27. The summed E-state index contributed by atoms with van der Waals surface area (Å²) in [6.07, 6.45) is 4.20. The molecule has 1 saturated carbocycles. The molecule has 1 aliphatic carbocycles. The molecule has 0 spiro atoms. The first-order valence-corrected chi connectivity index (χ1v) is 7.43. The zero-order chi connectivity index (χ0) is 13.8. The molecule has 1 aromatic rings. The minimum absolute atomic E-state index is 0. The molecule has 5 heteroatoms. The van der Waals surface area contributed by atoms with Crippen molar-refractivity contribution in [1.82, 2.24) is 5.32 Å². The van der Waals surface area contributed by atoms with Crippen LogP contribution in [0.5, 0.6) is 0 Å². The molecule has 4 nitrogen and oxygen atoms in total. The highest BCUT2D eigenvalue weighted by Gasteiger charge is 2.39. The Balaban J connectivity index is 0.00000161. The van der Waals surface area contributed by atoms with Gasteiger partial charge < -0.3 is 9.47 Å². The van der Waals surface area contributed by atoms with Crippen LogP contribution in [0.15, 0.2) is 30.3 Å². The van der Waals surface area contributed by atoms with Gasteiger partial charge in [0.2, 0.25) is 0 Å². The number of hydrogen-bond acceptors (Lipinski definition) is 4. The van der Waals surface area contributed by atoms with E-state index in [0.29, 0.717) is 11.8 Å². The van der Waals surface area contributed by atoms with Gasteiger partial charge in [0.25, 0.3) is 0 Å². The fourth-order valence-electron chi connectivity index (χ4n) is 3.29. The standard InChI is InChI=1S/C16H21NO3.ClH/c18-16(19-11-12-6-2-1-3-7-12)20-15-14-9-5-4-8-13(14)10-17-15;/h1-3,6-7,13-15,17H,4-5,8-11H2;1H/t13?,14?,15-;/m0./s1. The molecule has 2 unspecified atom stereocenters. The topological polar surface area (TPSA) is 47.6 Å². The molecule has 0 bridgehead atoms. The minimum atomic E-state index is -0.572. The van der Waals surface area contributed by atoms with Crippen LogP contribution in [0.4, 0.5) is 4.79 Å². The molecule has 2 fully saturated rings. The van der Waals surface area contributed by atoms with Crippen LogP contribution >= 0.6 is 12.4 Å². The third kappa shape index (κ3) is 4.11. The first-order chi connectivity index (χ1) is 9.83. The zero-order valence-corrected chi connectivity index (χ0v) is 12.8. The molecule has 1 N–H and O–H groups in total. The predicted molar refractivity (Wildman–Crippen MR) is 82.2 cm³/mol. The SMILES string of the molecule is Cl.O=C(OCc1ccccc1)O[C@@H]1NCC2CCCCC21. The van der Waals surface area contributed by atoms with Crippen LogP contribution in [-0.4, -0.2) is 18.9 Å². The summed E-state index contributed by atoms with van der Waals surface area (Å²) in [7, 11) is 0. The summed E-state index contributed by atoms with van der Waals surface area (Å²) < 4.78 is 10.6. The van der Waals surface area contributed by atoms with Gasteiger partial charge in [0.1, 0.15) is 6.61 Å². The van der Waals surface area contributed by atoms with E-state index in [1.54, 1.807) is 0 Å². The average molecular weight is 312 g/mol. The fourth-order valence-corrected chi connectivity index (χ4v) is 3.29. The summed E-state index contributed by atoms with van der Waals surface area (Å²) in [5.74, 6) is 1.13. The molecule has 0 amide bonds. The van der Waals surface area contributed by atoms with E-state index >= 15 is 0 Å². The summed E-state index contributed by atoms with van der Waals surface area (Å²) >= 11 is 0. The van der Waals surface area contributed by atoms with Crippen molar-refractivity contribution < 1.29 is 14.3 Å². The molecule has 3 atom stereocenters. The number of fused-ring (bicyclic) bond motifs is 1. The van der Waals surface area contributed by atoms with E-state index in [9.17, 15) is 4.79 Å². The van der Waals surface area contributed by atoms with E-state index in [4.69, 9.17) is 9.47 Å². The summed E-state index contributed by atoms with van der Waals surface area (Å²) in [6, 6.07) is 9.65. The Kier molecular flexibility index (Phi) is 5.88. The van der Waals surface area contributed by atoms with Gasteiger partial charge in [0, 0.05) is 12.5 Å². The normalized spacial score (nSPS) is 27.3. The summed E-state index contributed by atoms with van der Waals surface area (Å²) in [4.78, 5) is 11.8. The van der Waals surface area contributed by atoms with Crippen molar-refractivity contribution in [1.29, 1.82) is 0 Å². The molecule has 0 aromatic heterocycles. The van der Waals surface area contributed by atoms with Gasteiger partial charge in [-0.05, 0) is 24.3 Å². The lowest BCUT2D eigenvalue weighted by Crippen LogP contribution is -2.33. The van der Waals surface area contributed by atoms with Crippen molar-refractivity contribution in [2.45, 2.75) is 38.5 Å². The molecule has 1 saturated heterocycles. The number of rotatable bonds is 3. The van der Waals surface area contributed by atoms with Crippen LogP contribution in [0.3, 0.4) is 0 Å². The van der Waals surface area contributed by atoms with Crippen LogP contribution in [-0.2, 0) is 16.1 Å². The van der Waals surface area contributed by atoms with Gasteiger partial charge in [0.05, 0.1) is 0 Å². The summed E-state index contributed by atoms with van der Waals surface area (Å²) in [5.41, 5.74) is 0.972. The highest BCUT2D eigenvalue weighted by Crippen LogP contribution is 2.36. The number of carbonyl (C=O) groups excluding carboxylic acids is 1. The van der Waals surface area contributed by atoms with Gasteiger partial charge >= 0.3 is 6.16 Å².